The van der Waals surface area contributed by atoms with Crippen LogP contribution >= 0.6 is 23.5 Å². The van der Waals surface area contributed by atoms with Crippen molar-refractivity contribution in [1.29, 1.82) is 0 Å². The molecule has 0 bridgehead atoms. The number of fused-ring (bicyclic) bond motifs is 3. The van der Waals surface area contributed by atoms with Crippen molar-refractivity contribution in [2.24, 2.45) is 5.92 Å². The maximum absolute atomic E-state index is 13.2. The van der Waals surface area contributed by atoms with Crippen LogP contribution in [0.4, 0.5) is 0 Å². The Kier molecular flexibility index (Phi) is 6.07. The molecule has 6 heteroatoms. The second kappa shape index (κ2) is 8.39. The third-order valence-corrected chi connectivity index (χ3v) is 9.74. The first-order valence-electron chi connectivity index (χ1n) is 10.4. The molecule has 2 fully saturated rings. The summed E-state index contributed by atoms with van der Waals surface area (Å²) in [7, 11) is 3.40. The van der Waals surface area contributed by atoms with E-state index in [4.69, 9.17) is 9.47 Å². The van der Waals surface area contributed by atoms with Crippen LogP contribution in [0.25, 0.3) is 0 Å². The van der Waals surface area contributed by atoms with Gasteiger partial charge in [0, 0.05) is 18.9 Å². The Balaban J connectivity index is 1.86. The molecule has 2 saturated heterocycles. The minimum absolute atomic E-state index is 0.192. The summed E-state index contributed by atoms with van der Waals surface area (Å²) in [5, 5.41) is 0. The number of hydrogen-bond acceptors (Lipinski definition) is 5. The van der Waals surface area contributed by atoms with Crippen LogP contribution in [0.2, 0.25) is 0 Å². The summed E-state index contributed by atoms with van der Waals surface area (Å²) in [6.45, 7) is 3.07. The summed E-state index contributed by atoms with van der Waals surface area (Å²) in [4.78, 5) is 15.4. The highest BCUT2D eigenvalue weighted by Gasteiger charge is 2.58. The summed E-state index contributed by atoms with van der Waals surface area (Å²) in [6.07, 6.45) is 6.18. The summed E-state index contributed by atoms with van der Waals surface area (Å²) >= 11 is 4.14. The van der Waals surface area contributed by atoms with Gasteiger partial charge in [-0.25, -0.2) is 0 Å². The number of unbranched alkanes of at least 4 members (excludes halogenated alkanes) is 1. The van der Waals surface area contributed by atoms with Crippen molar-refractivity contribution in [3.63, 3.8) is 0 Å². The number of amides is 1. The third kappa shape index (κ3) is 3.20. The van der Waals surface area contributed by atoms with Gasteiger partial charge in [0.05, 0.1) is 24.3 Å². The van der Waals surface area contributed by atoms with Crippen LogP contribution in [0, 0.1) is 5.92 Å². The number of carbonyl (C=O) groups excluding carboxylic acids is 1. The van der Waals surface area contributed by atoms with Crippen LogP contribution in [-0.4, -0.2) is 47.7 Å². The predicted molar refractivity (Wildman–Crippen MR) is 118 cm³/mol. The Labute approximate surface area is 177 Å². The molecule has 1 aromatic rings. The SMILES string of the molecule is CCCC[C@]12c3cc(OC)c(OC)cc3CCN1C(=O)C[C@H]2C1SCCCS1. The largest absolute Gasteiger partial charge is 0.493 e. The lowest BCUT2D eigenvalue weighted by Crippen LogP contribution is -2.52. The number of nitrogens with zero attached hydrogens (tertiary/aromatic N) is 1. The second-order valence-electron chi connectivity index (χ2n) is 7.96. The molecule has 1 aromatic carbocycles. The van der Waals surface area contributed by atoms with Gasteiger partial charge in [-0.3, -0.25) is 4.79 Å². The van der Waals surface area contributed by atoms with Gasteiger partial charge in [-0.15, -0.1) is 23.5 Å². The second-order valence-corrected chi connectivity index (χ2v) is 10.8. The fraction of sp³-hybridized carbons (Fsp3) is 0.682. The summed E-state index contributed by atoms with van der Waals surface area (Å²) in [5.74, 6) is 4.70. The van der Waals surface area contributed by atoms with E-state index in [0.29, 0.717) is 22.8 Å². The molecule has 4 rings (SSSR count). The van der Waals surface area contributed by atoms with Crippen molar-refractivity contribution in [3.05, 3.63) is 23.3 Å². The Hall–Kier alpha value is -1.01. The quantitative estimate of drug-likeness (QED) is 0.666. The number of thioether (sulfide) groups is 2. The van der Waals surface area contributed by atoms with E-state index in [0.717, 1.165) is 43.7 Å². The molecule has 0 radical (unpaired) electrons. The maximum atomic E-state index is 13.2. The van der Waals surface area contributed by atoms with Crippen molar-refractivity contribution >= 4 is 29.4 Å². The topological polar surface area (TPSA) is 38.8 Å². The molecule has 0 unspecified atom stereocenters. The highest BCUT2D eigenvalue weighted by molar-refractivity contribution is 8.17. The normalized spacial score (nSPS) is 27.5. The van der Waals surface area contributed by atoms with Gasteiger partial charge in [-0.1, -0.05) is 19.8 Å². The molecule has 3 aliphatic heterocycles. The van der Waals surface area contributed by atoms with Crippen molar-refractivity contribution in [2.75, 3.05) is 32.3 Å². The van der Waals surface area contributed by atoms with Crippen LogP contribution in [-0.2, 0) is 16.8 Å². The number of methoxy groups -OCH3 is 2. The maximum Gasteiger partial charge on any atom is 0.223 e. The summed E-state index contributed by atoms with van der Waals surface area (Å²) < 4.78 is 11.7. The molecule has 0 aromatic heterocycles. The van der Waals surface area contributed by atoms with Gasteiger partial charge < -0.3 is 14.4 Å². The molecule has 4 nitrogen and oxygen atoms in total. The molecule has 154 valence electrons. The number of carbonyl (C=O) groups is 1. The van der Waals surface area contributed by atoms with Crippen LogP contribution in [0.15, 0.2) is 12.1 Å². The number of hydrogen-bond donors (Lipinski definition) is 0. The Bertz CT molecular complexity index is 735. The minimum atomic E-state index is -0.192. The average molecular weight is 422 g/mol. The highest BCUT2D eigenvalue weighted by Crippen LogP contribution is 2.57. The highest BCUT2D eigenvalue weighted by atomic mass is 32.2. The fourth-order valence-corrected chi connectivity index (χ4v) is 8.62. The van der Waals surface area contributed by atoms with Gasteiger partial charge in [0.25, 0.3) is 0 Å². The number of rotatable bonds is 6. The minimum Gasteiger partial charge on any atom is -0.493 e. The van der Waals surface area contributed by atoms with E-state index in [1.807, 2.05) is 0 Å². The zero-order chi connectivity index (χ0) is 19.7. The van der Waals surface area contributed by atoms with E-state index < -0.39 is 0 Å². The van der Waals surface area contributed by atoms with Gasteiger partial charge >= 0.3 is 0 Å². The van der Waals surface area contributed by atoms with E-state index in [-0.39, 0.29) is 5.54 Å². The summed E-state index contributed by atoms with van der Waals surface area (Å²) in [6, 6.07) is 4.33. The lowest BCUT2D eigenvalue weighted by Gasteiger charge is -2.49. The molecule has 3 aliphatic rings. The number of ether oxygens (including phenoxy) is 2. The molecule has 0 N–H and O–H groups in total. The predicted octanol–water partition coefficient (Wildman–Crippen LogP) is 4.69. The standard InChI is InChI=1S/C22H31NO3S2/c1-4-5-8-22-16-13-19(26-3)18(25-2)12-15(16)7-9-23(22)20(24)14-17(22)21-27-10-6-11-28-21/h12-13,17,21H,4-11,14H2,1-3H3/t17-,22+/m0/s1. The molecular weight excluding hydrogens is 390 g/mol. The first-order valence-corrected chi connectivity index (χ1v) is 12.5. The first kappa shape index (κ1) is 20.3. The smallest absolute Gasteiger partial charge is 0.223 e. The molecular formula is C22H31NO3S2. The van der Waals surface area contributed by atoms with Crippen molar-refractivity contribution < 1.29 is 14.3 Å². The van der Waals surface area contributed by atoms with E-state index in [1.54, 1.807) is 14.2 Å². The van der Waals surface area contributed by atoms with Crippen molar-refractivity contribution in [3.8, 4) is 11.5 Å². The fourth-order valence-electron chi connectivity index (χ4n) is 5.28. The molecule has 3 heterocycles. The van der Waals surface area contributed by atoms with Gasteiger partial charge in [-0.2, -0.15) is 0 Å². The lowest BCUT2D eigenvalue weighted by molar-refractivity contribution is -0.132. The lowest BCUT2D eigenvalue weighted by atomic mass is 9.71. The van der Waals surface area contributed by atoms with E-state index >= 15 is 0 Å². The molecule has 0 spiro atoms. The zero-order valence-corrected chi connectivity index (χ0v) is 18.8. The van der Waals surface area contributed by atoms with Crippen LogP contribution < -0.4 is 9.47 Å². The molecule has 28 heavy (non-hydrogen) atoms. The van der Waals surface area contributed by atoms with Gasteiger partial charge in [0.1, 0.15) is 0 Å². The first-order chi connectivity index (χ1) is 13.7. The molecule has 0 saturated carbocycles. The summed E-state index contributed by atoms with van der Waals surface area (Å²) in [5.41, 5.74) is 2.45. The zero-order valence-electron chi connectivity index (χ0n) is 17.2. The van der Waals surface area contributed by atoms with Crippen molar-refractivity contribution in [2.45, 2.75) is 55.6 Å². The monoisotopic (exact) mass is 421 g/mol. The van der Waals surface area contributed by atoms with Crippen LogP contribution in [0.1, 0.15) is 50.2 Å². The number of benzene rings is 1. The van der Waals surface area contributed by atoms with Gasteiger partial charge in [0.2, 0.25) is 5.91 Å². The van der Waals surface area contributed by atoms with Gasteiger partial charge in [-0.05, 0) is 54.0 Å². The van der Waals surface area contributed by atoms with Gasteiger partial charge in [0.15, 0.2) is 11.5 Å². The average Bonchev–Trinajstić information content (AvgIpc) is 3.04. The Morgan fingerprint density at radius 2 is 1.89 bits per heavy atom. The molecule has 1 amide bonds. The molecule has 0 aliphatic carbocycles. The third-order valence-electron chi connectivity index (χ3n) is 6.56. The van der Waals surface area contributed by atoms with Crippen LogP contribution in [0.5, 0.6) is 11.5 Å². The van der Waals surface area contributed by atoms with E-state index in [9.17, 15) is 4.79 Å². The molecule has 2 atom stereocenters. The Morgan fingerprint density at radius 1 is 1.18 bits per heavy atom. The van der Waals surface area contributed by atoms with E-state index in [2.05, 4.69) is 47.5 Å². The van der Waals surface area contributed by atoms with Crippen molar-refractivity contribution in [1.82, 2.24) is 4.90 Å². The van der Waals surface area contributed by atoms with E-state index in [1.165, 1.54) is 29.1 Å². The Morgan fingerprint density at radius 3 is 2.57 bits per heavy atom. The van der Waals surface area contributed by atoms with Crippen LogP contribution in [0.3, 0.4) is 0 Å².